The highest BCUT2D eigenvalue weighted by Crippen LogP contribution is 2.06. The summed E-state index contributed by atoms with van der Waals surface area (Å²) in [5.74, 6) is 0. The van der Waals surface area contributed by atoms with E-state index in [9.17, 15) is 0 Å². The molecule has 0 heterocycles. The van der Waals surface area contributed by atoms with E-state index in [1.165, 1.54) is 11.1 Å². The summed E-state index contributed by atoms with van der Waals surface area (Å²) >= 11 is 0. The van der Waals surface area contributed by atoms with Crippen molar-refractivity contribution in [2.75, 3.05) is 40.6 Å². The third-order valence-electron chi connectivity index (χ3n) is 2.65. The minimum atomic E-state index is 0.652. The van der Waals surface area contributed by atoms with Gasteiger partial charge in [-0.1, -0.05) is 24.3 Å². The van der Waals surface area contributed by atoms with Crippen molar-refractivity contribution in [3.05, 3.63) is 35.4 Å². The molecule has 0 saturated carbocycles. The van der Waals surface area contributed by atoms with Crippen molar-refractivity contribution in [3.63, 3.8) is 0 Å². The average Bonchev–Trinajstić information content (AvgIpc) is 2.43. The van der Waals surface area contributed by atoms with Crippen molar-refractivity contribution in [2.24, 2.45) is 0 Å². The first-order valence-corrected chi connectivity index (χ1v) is 6.73. The normalized spacial score (nSPS) is 10.8. The Morgan fingerprint density at radius 1 is 1.00 bits per heavy atom. The van der Waals surface area contributed by atoms with Gasteiger partial charge in [-0.15, -0.1) is 0 Å². The van der Waals surface area contributed by atoms with Crippen LogP contribution in [0.5, 0.6) is 0 Å². The first-order chi connectivity index (χ1) is 9.36. The van der Waals surface area contributed by atoms with Crippen LogP contribution in [-0.4, -0.2) is 40.6 Å². The molecule has 0 saturated heterocycles. The minimum absolute atomic E-state index is 0.652. The van der Waals surface area contributed by atoms with Gasteiger partial charge >= 0.3 is 0 Å². The summed E-state index contributed by atoms with van der Waals surface area (Å²) in [6.07, 6.45) is 0.917. The molecule has 0 aromatic heterocycles. The summed E-state index contributed by atoms with van der Waals surface area (Å²) in [4.78, 5) is 0. The van der Waals surface area contributed by atoms with Gasteiger partial charge < -0.3 is 19.5 Å². The molecule has 1 aromatic carbocycles. The predicted octanol–water partition coefficient (Wildman–Crippen LogP) is 1.98. The number of nitrogens with one attached hydrogen (secondary N) is 1. The van der Waals surface area contributed by atoms with E-state index in [1.807, 2.05) is 7.05 Å². The van der Waals surface area contributed by atoms with Crippen molar-refractivity contribution in [3.8, 4) is 0 Å². The molecule has 1 N–H and O–H groups in total. The van der Waals surface area contributed by atoms with Crippen LogP contribution in [0.4, 0.5) is 0 Å². The van der Waals surface area contributed by atoms with Gasteiger partial charge in [0.1, 0.15) is 0 Å². The van der Waals surface area contributed by atoms with E-state index in [0.717, 1.165) is 26.2 Å². The van der Waals surface area contributed by atoms with Crippen LogP contribution in [0, 0.1) is 0 Å². The van der Waals surface area contributed by atoms with Crippen LogP contribution < -0.4 is 5.32 Å². The Kier molecular flexibility index (Phi) is 9.27. The van der Waals surface area contributed by atoms with Crippen molar-refractivity contribution >= 4 is 0 Å². The van der Waals surface area contributed by atoms with Gasteiger partial charge in [-0.3, -0.25) is 0 Å². The highest BCUT2D eigenvalue weighted by molar-refractivity contribution is 5.22. The topological polar surface area (TPSA) is 39.7 Å². The lowest BCUT2D eigenvalue weighted by Crippen LogP contribution is -2.06. The lowest BCUT2D eigenvalue weighted by atomic mass is 10.1. The Morgan fingerprint density at radius 2 is 1.79 bits per heavy atom. The van der Waals surface area contributed by atoms with Gasteiger partial charge in [0, 0.05) is 26.9 Å². The number of benzene rings is 1. The van der Waals surface area contributed by atoms with Crippen LogP contribution in [0.25, 0.3) is 0 Å². The predicted molar refractivity (Wildman–Crippen MR) is 76.2 cm³/mol. The van der Waals surface area contributed by atoms with E-state index < -0.39 is 0 Å². The van der Waals surface area contributed by atoms with Gasteiger partial charge in [-0.25, -0.2) is 0 Å². The summed E-state index contributed by atoms with van der Waals surface area (Å²) in [6.45, 7) is 4.31. The Morgan fingerprint density at radius 3 is 2.58 bits per heavy atom. The highest BCUT2D eigenvalue weighted by atomic mass is 16.5. The second-order valence-electron chi connectivity index (χ2n) is 4.36. The third kappa shape index (κ3) is 7.95. The smallest absolute Gasteiger partial charge is 0.0716 e. The molecule has 4 nitrogen and oxygen atoms in total. The molecule has 108 valence electrons. The second-order valence-corrected chi connectivity index (χ2v) is 4.36. The average molecular weight is 267 g/mol. The van der Waals surface area contributed by atoms with Crippen LogP contribution >= 0.6 is 0 Å². The van der Waals surface area contributed by atoms with Gasteiger partial charge in [-0.2, -0.15) is 0 Å². The third-order valence-corrected chi connectivity index (χ3v) is 2.65. The molecule has 1 aromatic rings. The maximum Gasteiger partial charge on any atom is 0.0716 e. The molecule has 19 heavy (non-hydrogen) atoms. The SMILES string of the molecule is CNCc1cccc(COCCCOCCOC)c1. The molecule has 0 aliphatic rings. The molecule has 0 spiro atoms. The van der Waals surface area contributed by atoms with Crippen molar-refractivity contribution < 1.29 is 14.2 Å². The largest absolute Gasteiger partial charge is 0.382 e. The molecular formula is C15H25NO3. The fraction of sp³-hybridized carbons (Fsp3) is 0.600. The summed E-state index contributed by atoms with van der Waals surface area (Å²) in [6, 6.07) is 8.45. The highest BCUT2D eigenvalue weighted by Gasteiger charge is 1.96. The van der Waals surface area contributed by atoms with E-state index in [4.69, 9.17) is 14.2 Å². The van der Waals surface area contributed by atoms with Crippen LogP contribution in [0.2, 0.25) is 0 Å². The van der Waals surface area contributed by atoms with E-state index in [-0.39, 0.29) is 0 Å². The monoisotopic (exact) mass is 267 g/mol. The fourth-order valence-electron chi connectivity index (χ4n) is 1.73. The number of ether oxygens (including phenoxy) is 3. The molecule has 0 unspecified atom stereocenters. The van der Waals surface area contributed by atoms with Gasteiger partial charge in [0.2, 0.25) is 0 Å². The number of rotatable bonds is 11. The molecule has 0 bridgehead atoms. The Balaban J connectivity index is 2.07. The fourth-order valence-corrected chi connectivity index (χ4v) is 1.73. The summed E-state index contributed by atoms with van der Waals surface area (Å²) in [5, 5.41) is 3.14. The maximum absolute atomic E-state index is 5.63. The van der Waals surface area contributed by atoms with Crippen LogP contribution in [-0.2, 0) is 27.4 Å². The number of hydrogen-bond acceptors (Lipinski definition) is 4. The Hall–Kier alpha value is -0.940. The lowest BCUT2D eigenvalue weighted by Gasteiger charge is -2.07. The molecule has 4 heteroatoms. The molecule has 0 aliphatic heterocycles. The van der Waals surface area contributed by atoms with Gasteiger partial charge in [0.05, 0.1) is 19.8 Å². The standard InChI is InChI=1S/C15H25NO3/c1-16-12-14-5-3-6-15(11-14)13-19-8-4-7-18-10-9-17-2/h3,5-6,11,16H,4,7-10,12-13H2,1-2H3. The molecular weight excluding hydrogens is 242 g/mol. The van der Waals surface area contributed by atoms with Crippen LogP contribution in [0.15, 0.2) is 24.3 Å². The number of methoxy groups -OCH3 is 1. The molecule has 1 rings (SSSR count). The van der Waals surface area contributed by atoms with E-state index >= 15 is 0 Å². The van der Waals surface area contributed by atoms with Crippen molar-refractivity contribution in [1.82, 2.24) is 5.32 Å². The second kappa shape index (κ2) is 10.9. The quantitative estimate of drug-likeness (QED) is 0.622. The zero-order valence-electron chi connectivity index (χ0n) is 12.0. The minimum Gasteiger partial charge on any atom is -0.382 e. The molecule has 0 amide bonds. The first kappa shape index (κ1) is 16.1. The Labute approximate surface area is 116 Å². The zero-order chi connectivity index (χ0) is 13.8. The summed E-state index contributed by atoms with van der Waals surface area (Å²) < 4.78 is 15.9. The van der Waals surface area contributed by atoms with Gasteiger partial charge in [-0.05, 0) is 24.6 Å². The molecule has 0 fully saturated rings. The molecule has 0 aliphatic carbocycles. The van der Waals surface area contributed by atoms with Gasteiger partial charge in [0.25, 0.3) is 0 Å². The summed E-state index contributed by atoms with van der Waals surface area (Å²) in [5.41, 5.74) is 2.50. The van der Waals surface area contributed by atoms with Crippen molar-refractivity contribution in [2.45, 2.75) is 19.6 Å². The Bertz CT molecular complexity index is 331. The van der Waals surface area contributed by atoms with E-state index in [2.05, 4.69) is 29.6 Å². The van der Waals surface area contributed by atoms with E-state index in [1.54, 1.807) is 7.11 Å². The maximum atomic E-state index is 5.63. The van der Waals surface area contributed by atoms with Crippen LogP contribution in [0.1, 0.15) is 17.5 Å². The molecule has 0 radical (unpaired) electrons. The molecule has 0 atom stereocenters. The lowest BCUT2D eigenvalue weighted by molar-refractivity contribution is 0.0483. The first-order valence-electron chi connectivity index (χ1n) is 6.73. The number of hydrogen-bond donors (Lipinski definition) is 1. The van der Waals surface area contributed by atoms with Crippen LogP contribution in [0.3, 0.4) is 0 Å². The van der Waals surface area contributed by atoms with Crippen molar-refractivity contribution in [1.29, 1.82) is 0 Å². The summed E-state index contributed by atoms with van der Waals surface area (Å²) in [7, 11) is 3.63. The van der Waals surface area contributed by atoms with E-state index in [0.29, 0.717) is 19.8 Å². The zero-order valence-corrected chi connectivity index (χ0v) is 12.0. The van der Waals surface area contributed by atoms with Gasteiger partial charge in [0.15, 0.2) is 0 Å².